The molecule has 0 spiro atoms. The minimum absolute atomic E-state index is 0.141. The molecule has 0 bridgehead atoms. The summed E-state index contributed by atoms with van der Waals surface area (Å²) in [7, 11) is 1.60. The van der Waals surface area contributed by atoms with Crippen LogP contribution >= 0.6 is 35.0 Å². The highest BCUT2D eigenvalue weighted by Gasteiger charge is 2.11. The van der Waals surface area contributed by atoms with Crippen LogP contribution in [0.15, 0.2) is 47.0 Å². The highest BCUT2D eigenvalue weighted by Crippen LogP contribution is 2.28. The molecular formula is C19H17Cl2N3O3S. The highest BCUT2D eigenvalue weighted by atomic mass is 35.5. The van der Waals surface area contributed by atoms with Gasteiger partial charge in [-0.25, -0.2) is 0 Å². The molecule has 0 aliphatic rings. The molecule has 9 heteroatoms. The third-order valence-corrected chi connectivity index (χ3v) is 5.46. The van der Waals surface area contributed by atoms with Crippen LogP contribution in [0.25, 0.3) is 11.4 Å². The first kappa shape index (κ1) is 20.5. The van der Waals surface area contributed by atoms with Gasteiger partial charge in [-0.15, -0.1) is 11.8 Å². The fraction of sp³-hybridized carbons (Fsp3) is 0.211. The van der Waals surface area contributed by atoms with Crippen molar-refractivity contribution in [2.45, 2.75) is 12.3 Å². The van der Waals surface area contributed by atoms with E-state index in [9.17, 15) is 4.79 Å². The van der Waals surface area contributed by atoms with Crippen molar-refractivity contribution >= 4 is 40.9 Å². The second-order valence-electron chi connectivity index (χ2n) is 5.71. The fourth-order valence-electron chi connectivity index (χ4n) is 2.33. The van der Waals surface area contributed by atoms with E-state index in [4.69, 9.17) is 32.5 Å². The average molecular weight is 438 g/mol. The second kappa shape index (κ2) is 9.82. The van der Waals surface area contributed by atoms with E-state index < -0.39 is 0 Å². The second-order valence-corrected chi connectivity index (χ2v) is 7.51. The molecule has 146 valence electrons. The van der Waals surface area contributed by atoms with Crippen LogP contribution in [0.1, 0.15) is 11.5 Å². The van der Waals surface area contributed by atoms with Crippen molar-refractivity contribution in [1.29, 1.82) is 0 Å². The molecule has 0 saturated carbocycles. The molecule has 1 amide bonds. The molecule has 28 heavy (non-hydrogen) atoms. The zero-order valence-electron chi connectivity index (χ0n) is 14.9. The van der Waals surface area contributed by atoms with Crippen LogP contribution < -0.4 is 10.1 Å². The van der Waals surface area contributed by atoms with E-state index in [1.807, 2.05) is 24.3 Å². The minimum atomic E-state index is -0.141. The Kier molecular flexibility index (Phi) is 7.19. The van der Waals surface area contributed by atoms with Gasteiger partial charge in [0.2, 0.25) is 17.6 Å². The van der Waals surface area contributed by atoms with E-state index in [1.54, 1.807) is 25.3 Å². The number of halogens is 2. The van der Waals surface area contributed by atoms with E-state index in [1.165, 1.54) is 11.8 Å². The number of benzene rings is 2. The van der Waals surface area contributed by atoms with E-state index >= 15 is 0 Å². The normalized spacial score (nSPS) is 10.7. The third-order valence-electron chi connectivity index (χ3n) is 3.79. The molecule has 3 aromatic rings. The number of methoxy groups -OCH3 is 1. The quantitative estimate of drug-likeness (QED) is 0.554. The number of ether oxygens (including phenoxy) is 1. The summed E-state index contributed by atoms with van der Waals surface area (Å²) < 4.78 is 10.3. The molecule has 3 rings (SSSR count). The van der Waals surface area contributed by atoms with Crippen LogP contribution in [-0.2, 0) is 17.1 Å². The van der Waals surface area contributed by atoms with E-state index in [0.717, 1.165) is 16.9 Å². The zero-order valence-corrected chi connectivity index (χ0v) is 17.3. The lowest BCUT2D eigenvalue weighted by atomic mass is 10.2. The van der Waals surface area contributed by atoms with Crippen molar-refractivity contribution in [2.75, 3.05) is 12.9 Å². The third kappa shape index (κ3) is 5.41. The summed E-state index contributed by atoms with van der Waals surface area (Å²) >= 11 is 13.7. The van der Waals surface area contributed by atoms with Gasteiger partial charge in [0, 0.05) is 21.4 Å². The van der Waals surface area contributed by atoms with Gasteiger partial charge in [0.15, 0.2) is 0 Å². The van der Waals surface area contributed by atoms with Crippen molar-refractivity contribution in [1.82, 2.24) is 15.5 Å². The first-order valence-corrected chi connectivity index (χ1v) is 10.2. The maximum Gasteiger partial charge on any atom is 0.246 e. The Morgan fingerprint density at radius 2 is 1.89 bits per heavy atom. The van der Waals surface area contributed by atoms with Gasteiger partial charge in [0.25, 0.3) is 0 Å². The molecule has 0 atom stereocenters. The maximum absolute atomic E-state index is 12.0. The van der Waals surface area contributed by atoms with E-state index in [2.05, 4.69) is 15.5 Å². The van der Waals surface area contributed by atoms with Crippen molar-refractivity contribution in [3.05, 3.63) is 64.0 Å². The summed E-state index contributed by atoms with van der Waals surface area (Å²) in [6.07, 6.45) is 0. The summed E-state index contributed by atoms with van der Waals surface area (Å²) in [5.74, 6) is 2.20. The average Bonchev–Trinajstić information content (AvgIpc) is 3.18. The van der Waals surface area contributed by atoms with Gasteiger partial charge >= 0.3 is 0 Å². The number of hydrogen-bond acceptors (Lipinski definition) is 6. The Labute approximate surface area is 176 Å². The predicted molar refractivity (Wildman–Crippen MR) is 111 cm³/mol. The lowest BCUT2D eigenvalue weighted by Gasteiger charge is -2.06. The molecule has 0 unspecified atom stereocenters. The molecule has 2 aromatic carbocycles. The van der Waals surface area contributed by atoms with Gasteiger partial charge in [-0.3, -0.25) is 4.79 Å². The molecule has 6 nitrogen and oxygen atoms in total. The van der Waals surface area contributed by atoms with Crippen LogP contribution in [0.5, 0.6) is 5.75 Å². The lowest BCUT2D eigenvalue weighted by Crippen LogP contribution is -2.24. The lowest BCUT2D eigenvalue weighted by molar-refractivity contribution is -0.118. The summed E-state index contributed by atoms with van der Waals surface area (Å²) in [5, 5.41) is 7.87. The van der Waals surface area contributed by atoms with Gasteiger partial charge in [-0.2, -0.15) is 4.98 Å². The Morgan fingerprint density at radius 1 is 1.18 bits per heavy atom. The monoisotopic (exact) mass is 437 g/mol. The van der Waals surface area contributed by atoms with Crippen LogP contribution in [-0.4, -0.2) is 28.9 Å². The number of rotatable bonds is 8. The van der Waals surface area contributed by atoms with Crippen LogP contribution in [0, 0.1) is 0 Å². The Hall–Kier alpha value is -2.22. The Morgan fingerprint density at radius 3 is 2.57 bits per heavy atom. The molecule has 1 N–H and O–H groups in total. The zero-order chi connectivity index (χ0) is 19.9. The van der Waals surface area contributed by atoms with Gasteiger partial charge < -0.3 is 14.6 Å². The largest absolute Gasteiger partial charge is 0.497 e. The van der Waals surface area contributed by atoms with E-state index in [0.29, 0.717) is 27.5 Å². The predicted octanol–water partition coefficient (Wildman–Crippen LogP) is 4.60. The molecular weight excluding hydrogens is 421 g/mol. The standard InChI is InChI=1S/C19H17Cl2N3O3S/c1-26-13-7-5-12(6-8-13)19-23-18(27-24-19)9-22-17(25)11-28-10-14-15(20)3-2-4-16(14)21/h2-8H,9-11H2,1H3,(H,22,25). The first-order valence-electron chi connectivity index (χ1n) is 8.31. The van der Waals surface area contributed by atoms with Gasteiger partial charge in [0.1, 0.15) is 5.75 Å². The number of thioether (sulfide) groups is 1. The number of nitrogens with zero attached hydrogens (tertiary/aromatic N) is 2. The molecule has 0 saturated heterocycles. The summed E-state index contributed by atoms with van der Waals surface area (Å²) in [4.78, 5) is 16.3. The summed E-state index contributed by atoms with van der Waals surface area (Å²) in [5.41, 5.74) is 1.62. The van der Waals surface area contributed by atoms with Crippen molar-refractivity contribution < 1.29 is 14.1 Å². The smallest absolute Gasteiger partial charge is 0.246 e. The SMILES string of the molecule is COc1ccc(-c2noc(CNC(=O)CSCc3c(Cl)cccc3Cl)n2)cc1. The van der Waals surface area contributed by atoms with Crippen molar-refractivity contribution in [2.24, 2.45) is 0 Å². The van der Waals surface area contributed by atoms with Gasteiger partial charge in [-0.1, -0.05) is 34.4 Å². The van der Waals surface area contributed by atoms with Crippen LogP contribution in [0.4, 0.5) is 0 Å². The topological polar surface area (TPSA) is 77.3 Å². The van der Waals surface area contributed by atoms with Crippen molar-refractivity contribution in [3.63, 3.8) is 0 Å². The summed E-state index contributed by atoms with van der Waals surface area (Å²) in [6.45, 7) is 0.162. The number of aromatic nitrogens is 2. The Bertz CT molecular complexity index is 928. The highest BCUT2D eigenvalue weighted by molar-refractivity contribution is 7.99. The number of amides is 1. The molecule has 0 fully saturated rings. The molecule has 0 radical (unpaired) electrons. The first-order chi connectivity index (χ1) is 13.6. The number of carbonyl (C=O) groups is 1. The van der Waals surface area contributed by atoms with Gasteiger partial charge in [0.05, 0.1) is 19.4 Å². The summed E-state index contributed by atoms with van der Waals surface area (Å²) in [6, 6.07) is 12.6. The van der Waals surface area contributed by atoms with Crippen LogP contribution in [0.2, 0.25) is 10.0 Å². The molecule has 1 heterocycles. The fourth-order valence-corrected chi connectivity index (χ4v) is 3.92. The van der Waals surface area contributed by atoms with Crippen molar-refractivity contribution in [3.8, 4) is 17.1 Å². The van der Waals surface area contributed by atoms with Gasteiger partial charge in [-0.05, 0) is 42.0 Å². The number of hydrogen-bond donors (Lipinski definition) is 1. The Balaban J connectivity index is 1.46. The van der Waals surface area contributed by atoms with Crippen LogP contribution in [0.3, 0.4) is 0 Å². The minimum Gasteiger partial charge on any atom is -0.497 e. The molecule has 0 aliphatic heterocycles. The number of nitrogens with one attached hydrogen (secondary N) is 1. The molecule has 0 aliphatic carbocycles. The molecule has 1 aromatic heterocycles. The maximum atomic E-state index is 12.0. The number of carbonyl (C=O) groups excluding carboxylic acids is 1. The van der Waals surface area contributed by atoms with E-state index in [-0.39, 0.29) is 18.2 Å².